The highest BCUT2D eigenvalue weighted by atomic mass is 35.5. The van der Waals surface area contributed by atoms with Gasteiger partial charge in [0, 0.05) is 20.1 Å². The average Bonchev–Trinajstić information content (AvgIpc) is 2.15. The van der Waals surface area contributed by atoms with Gasteiger partial charge in [0.05, 0.1) is 10.0 Å². The summed E-state index contributed by atoms with van der Waals surface area (Å²) in [6.45, 7) is 0. The fourth-order valence-electron chi connectivity index (χ4n) is 1.83. The molecule has 0 amide bonds. The molecule has 0 unspecified atom stereocenters. The third kappa shape index (κ3) is 2.06. The van der Waals surface area contributed by atoms with Crippen LogP contribution in [0.4, 0.5) is 11.6 Å². The molecule has 2 rings (SSSR count). The largest absolute Gasteiger partial charge is 0.372 e. The highest BCUT2D eigenvalue weighted by Crippen LogP contribution is 2.34. The van der Waals surface area contributed by atoms with E-state index in [0.717, 1.165) is 5.82 Å². The Hall–Kier alpha value is -0.670. The molecule has 1 aliphatic carbocycles. The number of nitrogens with one attached hydrogen (secondary N) is 1. The van der Waals surface area contributed by atoms with Gasteiger partial charge in [-0.25, -0.2) is 4.98 Å². The second kappa shape index (κ2) is 4.68. The molecule has 1 aliphatic rings. The van der Waals surface area contributed by atoms with Crippen molar-refractivity contribution in [2.45, 2.75) is 25.3 Å². The van der Waals surface area contributed by atoms with Crippen molar-refractivity contribution in [1.82, 2.24) is 4.98 Å². The Morgan fingerprint density at radius 2 is 2.06 bits per heavy atom. The zero-order valence-electron chi connectivity index (χ0n) is 9.43. The molecule has 5 heteroatoms. The summed E-state index contributed by atoms with van der Waals surface area (Å²) in [4.78, 5) is 6.59. The van der Waals surface area contributed by atoms with Crippen LogP contribution in [0.2, 0.25) is 10.0 Å². The minimum Gasteiger partial charge on any atom is -0.372 e. The Morgan fingerprint density at radius 1 is 1.38 bits per heavy atom. The fraction of sp³-hybridized carbons (Fsp3) is 0.545. The molecule has 88 valence electrons. The van der Waals surface area contributed by atoms with Gasteiger partial charge in [-0.05, 0) is 25.3 Å². The van der Waals surface area contributed by atoms with E-state index in [-0.39, 0.29) is 0 Å². The molecule has 0 aliphatic heterocycles. The second-order valence-corrected chi connectivity index (χ2v) is 4.88. The number of rotatable bonds is 3. The van der Waals surface area contributed by atoms with E-state index in [9.17, 15) is 0 Å². The van der Waals surface area contributed by atoms with Gasteiger partial charge in [-0.3, -0.25) is 0 Å². The molecular weight excluding hydrogens is 245 g/mol. The molecule has 1 N–H and O–H groups in total. The van der Waals surface area contributed by atoms with Crippen LogP contribution >= 0.6 is 23.2 Å². The van der Waals surface area contributed by atoms with Crippen molar-refractivity contribution >= 4 is 34.8 Å². The first-order chi connectivity index (χ1) is 7.63. The summed E-state index contributed by atoms with van der Waals surface area (Å²) >= 11 is 12.2. The fourth-order valence-corrected chi connectivity index (χ4v) is 2.41. The van der Waals surface area contributed by atoms with Crippen LogP contribution in [-0.2, 0) is 0 Å². The Kier molecular flexibility index (Phi) is 3.45. The summed E-state index contributed by atoms with van der Waals surface area (Å²) in [7, 11) is 3.83. The molecule has 0 spiro atoms. The number of anilines is 2. The van der Waals surface area contributed by atoms with Crippen LogP contribution in [0.5, 0.6) is 0 Å². The molecular formula is C11H15Cl2N3. The van der Waals surface area contributed by atoms with Crippen LogP contribution in [0, 0.1) is 0 Å². The first-order valence-electron chi connectivity index (χ1n) is 5.40. The lowest BCUT2D eigenvalue weighted by Gasteiger charge is -2.36. The third-order valence-electron chi connectivity index (χ3n) is 3.10. The molecule has 1 aromatic heterocycles. The van der Waals surface area contributed by atoms with Crippen molar-refractivity contribution in [3.8, 4) is 0 Å². The lowest BCUT2D eigenvalue weighted by molar-refractivity contribution is 0.399. The molecule has 1 fully saturated rings. The molecule has 1 aromatic rings. The van der Waals surface area contributed by atoms with Crippen molar-refractivity contribution in [3.05, 3.63) is 16.1 Å². The summed E-state index contributed by atoms with van der Waals surface area (Å²) in [5.41, 5.74) is 0. The highest BCUT2D eigenvalue weighted by Gasteiger charge is 2.25. The van der Waals surface area contributed by atoms with E-state index in [0.29, 0.717) is 21.9 Å². The molecule has 3 nitrogen and oxygen atoms in total. The van der Waals surface area contributed by atoms with Gasteiger partial charge in [0.25, 0.3) is 0 Å². The van der Waals surface area contributed by atoms with Crippen molar-refractivity contribution in [3.63, 3.8) is 0 Å². The summed E-state index contributed by atoms with van der Waals surface area (Å²) in [6.07, 6.45) is 3.72. The van der Waals surface area contributed by atoms with Crippen LogP contribution < -0.4 is 10.2 Å². The van der Waals surface area contributed by atoms with E-state index in [1.54, 1.807) is 13.1 Å². The van der Waals surface area contributed by atoms with E-state index >= 15 is 0 Å². The Labute approximate surface area is 106 Å². The lowest BCUT2D eigenvalue weighted by atomic mass is 9.92. The summed E-state index contributed by atoms with van der Waals surface area (Å²) < 4.78 is 0. The minimum atomic E-state index is 0.554. The van der Waals surface area contributed by atoms with Gasteiger partial charge in [-0.2, -0.15) is 0 Å². The van der Waals surface area contributed by atoms with Gasteiger partial charge in [-0.1, -0.05) is 23.2 Å². The maximum Gasteiger partial charge on any atom is 0.149 e. The van der Waals surface area contributed by atoms with Gasteiger partial charge >= 0.3 is 0 Å². The first kappa shape index (κ1) is 11.8. The lowest BCUT2D eigenvalue weighted by Crippen LogP contribution is -2.37. The van der Waals surface area contributed by atoms with Crippen molar-refractivity contribution < 1.29 is 0 Å². The van der Waals surface area contributed by atoms with Crippen LogP contribution in [0.1, 0.15) is 19.3 Å². The van der Waals surface area contributed by atoms with E-state index in [1.165, 1.54) is 19.3 Å². The standard InChI is InChI=1S/C11H15Cl2N3/c1-14-10-8(12)6-9(13)11(15-10)16(2)7-4-3-5-7/h6-7H,3-5H2,1-2H3,(H,14,15). The SMILES string of the molecule is CNc1nc(N(C)C2CCC2)c(Cl)cc1Cl. The van der Waals surface area contributed by atoms with Crippen LogP contribution in [-0.4, -0.2) is 25.1 Å². The monoisotopic (exact) mass is 259 g/mol. The molecule has 0 atom stereocenters. The topological polar surface area (TPSA) is 28.2 Å². The molecule has 0 aromatic carbocycles. The number of pyridine rings is 1. The number of aromatic nitrogens is 1. The van der Waals surface area contributed by atoms with Gasteiger partial charge in [0.1, 0.15) is 11.6 Å². The number of hydrogen-bond acceptors (Lipinski definition) is 3. The Balaban J connectivity index is 2.31. The van der Waals surface area contributed by atoms with Crippen LogP contribution in [0.15, 0.2) is 6.07 Å². The summed E-state index contributed by atoms with van der Waals surface area (Å²) in [6, 6.07) is 2.31. The van der Waals surface area contributed by atoms with Crippen LogP contribution in [0.3, 0.4) is 0 Å². The second-order valence-electron chi connectivity index (χ2n) is 4.07. The highest BCUT2D eigenvalue weighted by molar-refractivity contribution is 6.37. The van der Waals surface area contributed by atoms with Gasteiger partial charge in [0.2, 0.25) is 0 Å². The quantitative estimate of drug-likeness (QED) is 0.902. The van der Waals surface area contributed by atoms with E-state index in [4.69, 9.17) is 23.2 Å². The first-order valence-corrected chi connectivity index (χ1v) is 6.15. The summed E-state index contributed by atoms with van der Waals surface area (Å²) in [5.74, 6) is 1.48. The van der Waals surface area contributed by atoms with Gasteiger partial charge in [0.15, 0.2) is 0 Å². The minimum absolute atomic E-state index is 0.554. The number of nitrogens with zero attached hydrogens (tertiary/aromatic N) is 2. The van der Waals surface area contributed by atoms with Crippen molar-refractivity contribution in [2.75, 3.05) is 24.3 Å². The summed E-state index contributed by atoms with van der Waals surface area (Å²) in [5, 5.41) is 4.13. The molecule has 16 heavy (non-hydrogen) atoms. The Bertz CT molecular complexity index is 391. The zero-order chi connectivity index (χ0) is 11.7. The van der Waals surface area contributed by atoms with E-state index in [1.807, 2.05) is 7.05 Å². The van der Waals surface area contributed by atoms with Crippen molar-refractivity contribution in [2.24, 2.45) is 0 Å². The Morgan fingerprint density at radius 3 is 2.56 bits per heavy atom. The molecule has 1 saturated carbocycles. The zero-order valence-corrected chi connectivity index (χ0v) is 10.9. The van der Waals surface area contributed by atoms with Gasteiger partial charge in [-0.15, -0.1) is 0 Å². The third-order valence-corrected chi connectivity index (χ3v) is 3.67. The smallest absolute Gasteiger partial charge is 0.149 e. The number of hydrogen-bond donors (Lipinski definition) is 1. The predicted octanol–water partition coefficient (Wildman–Crippen LogP) is 3.42. The normalized spacial score (nSPS) is 15.8. The predicted molar refractivity (Wildman–Crippen MR) is 69.8 cm³/mol. The maximum atomic E-state index is 6.16. The molecule has 0 bridgehead atoms. The van der Waals surface area contributed by atoms with Crippen LogP contribution in [0.25, 0.3) is 0 Å². The van der Waals surface area contributed by atoms with E-state index in [2.05, 4.69) is 15.2 Å². The maximum absolute atomic E-state index is 6.16. The van der Waals surface area contributed by atoms with E-state index < -0.39 is 0 Å². The molecule has 1 heterocycles. The van der Waals surface area contributed by atoms with Crippen molar-refractivity contribution in [1.29, 1.82) is 0 Å². The number of halogens is 2. The molecule has 0 saturated heterocycles. The average molecular weight is 260 g/mol. The van der Waals surface area contributed by atoms with Gasteiger partial charge < -0.3 is 10.2 Å². The molecule has 0 radical (unpaired) electrons.